The number of carbonyl (C=O) groups is 1. The predicted molar refractivity (Wildman–Crippen MR) is 50.9 cm³/mol. The molecule has 0 fully saturated rings. The number of hydrogen-bond donors (Lipinski definition) is 0. The molecule has 0 unspecified atom stereocenters. The number of ketones is 1. The maximum Gasteiger partial charge on any atom is 0.134 e. The Bertz CT molecular complexity index is 213. The van der Waals surface area contributed by atoms with Crippen molar-refractivity contribution in [1.82, 2.24) is 0 Å². The molecule has 0 bridgehead atoms. The molecule has 0 saturated carbocycles. The minimum Gasteiger partial charge on any atom is -0.300 e. The van der Waals surface area contributed by atoms with Gasteiger partial charge in [-0.05, 0) is 24.7 Å². The number of allylic oxidation sites excluding steroid dienone is 2. The Labute approximate surface area is 74.9 Å². The molecule has 1 nitrogen and oxygen atoms in total. The van der Waals surface area contributed by atoms with E-state index in [9.17, 15) is 4.79 Å². The average molecular weight is 166 g/mol. The van der Waals surface area contributed by atoms with Gasteiger partial charge in [-0.15, -0.1) is 0 Å². The normalized spacial score (nSPS) is 33.3. The fourth-order valence-corrected chi connectivity index (χ4v) is 2.46. The van der Waals surface area contributed by atoms with E-state index in [2.05, 4.69) is 32.9 Å². The summed E-state index contributed by atoms with van der Waals surface area (Å²) in [5.74, 6) is 0.950. The van der Waals surface area contributed by atoms with Gasteiger partial charge in [-0.3, -0.25) is 4.79 Å². The zero-order valence-corrected chi connectivity index (χ0v) is 8.42. The highest BCUT2D eigenvalue weighted by molar-refractivity contribution is 5.79. The van der Waals surface area contributed by atoms with Crippen molar-refractivity contribution in [3.05, 3.63) is 12.2 Å². The molecule has 0 aliphatic heterocycles. The molecule has 0 heterocycles. The summed E-state index contributed by atoms with van der Waals surface area (Å²) in [6, 6.07) is 0. The second-order valence-corrected chi connectivity index (χ2v) is 4.57. The second-order valence-electron chi connectivity index (χ2n) is 4.57. The Kier molecular flexibility index (Phi) is 2.41. The summed E-state index contributed by atoms with van der Waals surface area (Å²) in [5.41, 5.74) is 0.153. The summed E-state index contributed by atoms with van der Waals surface area (Å²) < 4.78 is 0. The molecular formula is C11H18O. The largest absolute Gasteiger partial charge is 0.300 e. The molecule has 2 atom stereocenters. The Morgan fingerprint density at radius 3 is 2.42 bits per heavy atom. The molecular weight excluding hydrogens is 148 g/mol. The minimum atomic E-state index is 0.153. The lowest BCUT2D eigenvalue weighted by Gasteiger charge is -2.38. The molecule has 1 rings (SSSR count). The second kappa shape index (κ2) is 3.04. The van der Waals surface area contributed by atoms with Crippen LogP contribution in [0.4, 0.5) is 0 Å². The van der Waals surface area contributed by atoms with Gasteiger partial charge in [0.25, 0.3) is 0 Å². The Hall–Kier alpha value is -0.590. The van der Waals surface area contributed by atoms with Gasteiger partial charge < -0.3 is 0 Å². The Morgan fingerprint density at radius 1 is 1.50 bits per heavy atom. The van der Waals surface area contributed by atoms with Crippen LogP contribution in [0.5, 0.6) is 0 Å². The quantitative estimate of drug-likeness (QED) is 0.547. The van der Waals surface area contributed by atoms with Gasteiger partial charge in [0.05, 0.1) is 0 Å². The van der Waals surface area contributed by atoms with Crippen molar-refractivity contribution < 1.29 is 4.79 Å². The van der Waals surface area contributed by atoms with Crippen LogP contribution in [0.2, 0.25) is 0 Å². The van der Waals surface area contributed by atoms with E-state index in [1.165, 1.54) is 0 Å². The zero-order chi connectivity index (χ0) is 9.35. The van der Waals surface area contributed by atoms with Gasteiger partial charge in [0.1, 0.15) is 5.78 Å². The van der Waals surface area contributed by atoms with Crippen LogP contribution in [0.1, 0.15) is 34.1 Å². The number of Topliss-reactive ketones (excluding diaryl/α,β-unsaturated/α-hetero) is 1. The van der Waals surface area contributed by atoms with E-state index in [0.29, 0.717) is 11.7 Å². The van der Waals surface area contributed by atoms with Crippen LogP contribution in [-0.4, -0.2) is 5.78 Å². The van der Waals surface area contributed by atoms with Gasteiger partial charge >= 0.3 is 0 Å². The lowest BCUT2D eigenvalue weighted by atomic mass is 9.66. The monoisotopic (exact) mass is 166 g/mol. The molecule has 0 radical (unpaired) electrons. The van der Waals surface area contributed by atoms with E-state index >= 15 is 0 Å². The molecule has 0 saturated heterocycles. The zero-order valence-electron chi connectivity index (χ0n) is 8.42. The fraction of sp³-hybridized carbons (Fsp3) is 0.727. The van der Waals surface area contributed by atoms with Crippen LogP contribution in [0.25, 0.3) is 0 Å². The molecule has 1 aliphatic rings. The minimum absolute atomic E-state index is 0.153. The maximum atomic E-state index is 11.4. The van der Waals surface area contributed by atoms with Crippen molar-refractivity contribution in [3.63, 3.8) is 0 Å². The van der Waals surface area contributed by atoms with Crippen molar-refractivity contribution >= 4 is 5.78 Å². The maximum absolute atomic E-state index is 11.4. The van der Waals surface area contributed by atoms with Gasteiger partial charge in [-0.1, -0.05) is 32.9 Å². The summed E-state index contributed by atoms with van der Waals surface area (Å²) in [7, 11) is 0. The summed E-state index contributed by atoms with van der Waals surface area (Å²) in [6.07, 6.45) is 5.39. The summed E-state index contributed by atoms with van der Waals surface area (Å²) in [4.78, 5) is 11.4. The topological polar surface area (TPSA) is 17.1 Å². The lowest BCUT2D eigenvalue weighted by molar-refractivity contribution is -0.125. The molecule has 0 aromatic heterocycles. The van der Waals surface area contributed by atoms with Crippen LogP contribution < -0.4 is 0 Å². The molecule has 12 heavy (non-hydrogen) atoms. The van der Waals surface area contributed by atoms with Gasteiger partial charge in [0, 0.05) is 5.92 Å². The average Bonchev–Trinajstić information content (AvgIpc) is 1.82. The molecule has 0 aromatic carbocycles. The molecule has 0 spiro atoms. The summed E-state index contributed by atoms with van der Waals surface area (Å²) >= 11 is 0. The van der Waals surface area contributed by atoms with Gasteiger partial charge in [0.15, 0.2) is 0 Å². The molecule has 0 aromatic rings. The third kappa shape index (κ3) is 1.60. The summed E-state index contributed by atoms with van der Waals surface area (Å²) in [5, 5.41) is 0. The third-order valence-corrected chi connectivity index (χ3v) is 2.89. The number of hydrogen-bond acceptors (Lipinski definition) is 1. The van der Waals surface area contributed by atoms with Crippen LogP contribution >= 0.6 is 0 Å². The van der Waals surface area contributed by atoms with E-state index in [1.54, 1.807) is 6.92 Å². The number of carbonyl (C=O) groups excluding carboxylic acids is 1. The summed E-state index contributed by atoms with van der Waals surface area (Å²) in [6.45, 7) is 8.20. The lowest BCUT2D eigenvalue weighted by Crippen LogP contribution is -2.35. The van der Waals surface area contributed by atoms with E-state index in [-0.39, 0.29) is 11.3 Å². The smallest absolute Gasteiger partial charge is 0.134 e. The van der Waals surface area contributed by atoms with Crippen molar-refractivity contribution in [2.24, 2.45) is 17.3 Å². The molecule has 1 aliphatic carbocycles. The molecule has 1 heteroatoms. The Balaban J connectivity index is 2.92. The predicted octanol–water partition coefficient (Wildman–Crippen LogP) is 2.81. The highest BCUT2D eigenvalue weighted by atomic mass is 16.1. The first-order valence-corrected chi connectivity index (χ1v) is 4.62. The van der Waals surface area contributed by atoms with Crippen LogP contribution in [-0.2, 0) is 4.79 Å². The highest BCUT2D eigenvalue weighted by Crippen LogP contribution is 2.40. The van der Waals surface area contributed by atoms with Crippen LogP contribution in [0.15, 0.2) is 12.2 Å². The highest BCUT2D eigenvalue weighted by Gasteiger charge is 2.37. The Morgan fingerprint density at radius 2 is 2.08 bits per heavy atom. The van der Waals surface area contributed by atoms with Crippen LogP contribution in [0, 0.1) is 17.3 Å². The van der Waals surface area contributed by atoms with E-state index in [1.807, 2.05) is 0 Å². The third-order valence-electron chi connectivity index (χ3n) is 2.89. The standard InChI is InChI=1S/C11H18O/c1-8-6-5-7-11(3,4)10(8)9(2)12/h5-6,8,10H,7H2,1-4H3/t8-,10+/m1/s1. The van der Waals surface area contributed by atoms with Crippen molar-refractivity contribution in [3.8, 4) is 0 Å². The first-order valence-electron chi connectivity index (χ1n) is 4.62. The van der Waals surface area contributed by atoms with Gasteiger partial charge in [-0.2, -0.15) is 0 Å². The number of rotatable bonds is 1. The van der Waals surface area contributed by atoms with Crippen molar-refractivity contribution in [1.29, 1.82) is 0 Å². The van der Waals surface area contributed by atoms with E-state index in [0.717, 1.165) is 6.42 Å². The van der Waals surface area contributed by atoms with Gasteiger partial charge in [-0.25, -0.2) is 0 Å². The van der Waals surface area contributed by atoms with E-state index in [4.69, 9.17) is 0 Å². The van der Waals surface area contributed by atoms with Gasteiger partial charge in [0.2, 0.25) is 0 Å². The van der Waals surface area contributed by atoms with Crippen LogP contribution in [0.3, 0.4) is 0 Å². The van der Waals surface area contributed by atoms with E-state index < -0.39 is 0 Å². The van der Waals surface area contributed by atoms with Crippen molar-refractivity contribution in [2.75, 3.05) is 0 Å². The first kappa shape index (κ1) is 9.50. The molecule has 0 N–H and O–H groups in total. The fourth-order valence-electron chi connectivity index (χ4n) is 2.46. The van der Waals surface area contributed by atoms with Crippen molar-refractivity contribution in [2.45, 2.75) is 34.1 Å². The molecule has 68 valence electrons. The SMILES string of the molecule is CC(=O)[C@@H]1[C@H](C)C=CCC1(C)C. The first-order chi connectivity index (χ1) is 5.45. The molecule has 0 amide bonds.